The largest absolute Gasteiger partial charge is 0.376 e. The molecule has 0 spiro atoms. The van der Waals surface area contributed by atoms with Crippen molar-refractivity contribution < 1.29 is 4.79 Å². The summed E-state index contributed by atoms with van der Waals surface area (Å²) in [4.78, 5) is 12.2. The quantitative estimate of drug-likeness (QED) is 0.687. The van der Waals surface area contributed by atoms with Crippen LogP contribution in [-0.4, -0.2) is 32.7 Å². The van der Waals surface area contributed by atoms with E-state index in [4.69, 9.17) is 0 Å². The summed E-state index contributed by atoms with van der Waals surface area (Å²) in [6.07, 6.45) is 0. The third-order valence-corrected chi connectivity index (χ3v) is 4.15. The lowest BCUT2D eigenvalue weighted by Crippen LogP contribution is -2.22. The van der Waals surface area contributed by atoms with Crippen molar-refractivity contribution in [1.29, 1.82) is 0 Å². The summed E-state index contributed by atoms with van der Waals surface area (Å²) in [6, 6.07) is 13.3. The second kappa shape index (κ2) is 7.43. The Hall–Kier alpha value is -2.74. The van der Waals surface area contributed by atoms with Gasteiger partial charge < -0.3 is 10.6 Å². The minimum Gasteiger partial charge on any atom is -0.376 e. The second-order valence-electron chi connectivity index (χ2n) is 5.57. The number of rotatable bonds is 5. The molecule has 25 heavy (non-hydrogen) atoms. The van der Waals surface area contributed by atoms with Crippen molar-refractivity contribution in [1.82, 2.24) is 20.2 Å². The van der Waals surface area contributed by atoms with Gasteiger partial charge >= 0.3 is 0 Å². The normalized spacial score (nSPS) is 10.5. The van der Waals surface area contributed by atoms with Gasteiger partial charge in [-0.05, 0) is 53.2 Å². The summed E-state index contributed by atoms with van der Waals surface area (Å²) in [5.74, 6) is 0.551. The van der Waals surface area contributed by atoms with Crippen LogP contribution in [-0.2, 0) is 11.8 Å². The van der Waals surface area contributed by atoms with E-state index < -0.39 is 0 Å². The fourth-order valence-corrected chi connectivity index (χ4v) is 2.86. The van der Waals surface area contributed by atoms with Crippen LogP contribution in [0.1, 0.15) is 5.56 Å². The summed E-state index contributed by atoms with van der Waals surface area (Å²) in [5, 5.41) is 17.5. The van der Waals surface area contributed by atoms with Gasteiger partial charge in [-0.1, -0.05) is 28.1 Å². The Kier molecular flexibility index (Phi) is 5.08. The van der Waals surface area contributed by atoms with Crippen LogP contribution in [0.25, 0.3) is 11.4 Å². The van der Waals surface area contributed by atoms with Crippen LogP contribution < -0.4 is 10.6 Å². The van der Waals surface area contributed by atoms with E-state index in [0.29, 0.717) is 5.82 Å². The predicted molar refractivity (Wildman–Crippen MR) is 100 cm³/mol. The van der Waals surface area contributed by atoms with Crippen molar-refractivity contribution in [2.45, 2.75) is 6.92 Å². The standard InChI is InChI=1S/C17H17BrN6O/c1-11-8-13(18)6-7-15(11)20-16(25)10-19-14-5-3-4-12(9-14)17-21-22-23-24(17)2/h3-9,19H,10H2,1-2H3,(H,20,25). The molecular formula is C17H17BrN6O. The summed E-state index contributed by atoms with van der Waals surface area (Å²) < 4.78 is 2.58. The van der Waals surface area contributed by atoms with Crippen molar-refractivity contribution in [2.75, 3.05) is 17.2 Å². The molecule has 3 aromatic rings. The molecule has 0 unspecified atom stereocenters. The lowest BCUT2D eigenvalue weighted by atomic mass is 10.2. The molecule has 7 nitrogen and oxygen atoms in total. The van der Waals surface area contributed by atoms with Crippen molar-refractivity contribution >= 4 is 33.2 Å². The number of halogens is 1. The Balaban J connectivity index is 1.63. The molecule has 0 atom stereocenters. The van der Waals surface area contributed by atoms with Crippen LogP contribution in [0.15, 0.2) is 46.9 Å². The highest BCUT2D eigenvalue weighted by atomic mass is 79.9. The zero-order valence-corrected chi connectivity index (χ0v) is 15.4. The van der Waals surface area contributed by atoms with E-state index in [2.05, 4.69) is 42.1 Å². The number of nitrogens with one attached hydrogen (secondary N) is 2. The van der Waals surface area contributed by atoms with Gasteiger partial charge in [0.2, 0.25) is 5.91 Å². The van der Waals surface area contributed by atoms with Crippen LogP contribution in [0.3, 0.4) is 0 Å². The number of carbonyl (C=O) groups excluding carboxylic acids is 1. The van der Waals surface area contributed by atoms with Gasteiger partial charge in [0.05, 0.1) is 6.54 Å². The first-order valence-corrected chi connectivity index (χ1v) is 8.45. The molecule has 1 heterocycles. The van der Waals surface area contributed by atoms with E-state index in [1.807, 2.05) is 49.4 Å². The van der Waals surface area contributed by atoms with E-state index in [1.165, 1.54) is 0 Å². The molecule has 0 fully saturated rings. The summed E-state index contributed by atoms with van der Waals surface area (Å²) >= 11 is 3.41. The molecule has 2 aromatic carbocycles. The minimum atomic E-state index is -0.115. The molecule has 0 aliphatic heterocycles. The fraction of sp³-hybridized carbons (Fsp3) is 0.176. The smallest absolute Gasteiger partial charge is 0.243 e. The molecule has 0 radical (unpaired) electrons. The number of tetrazole rings is 1. The zero-order chi connectivity index (χ0) is 17.8. The lowest BCUT2D eigenvalue weighted by Gasteiger charge is -2.11. The van der Waals surface area contributed by atoms with Gasteiger partial charge in [0.15, 0.2) is 5.82 Å². The maximum atomic E-state index is 12.2. The Morgan fingerprint density at radius 2 is 2.08 bits per heavy atom. The predicted octanol–water partition coefficient (Wildman–Crippen LogP) is 3.00. The number of aryl methyl sites for hydroxylation is 2. The molecule has 2 N–H and O–H groups in total. The van der Waals surface area contributed by atoms with Crippen LogP contribution >= 0.6 is 15.9 Å². The van der Waals surface area contributed by atoms with Crippen LogP contribution in [0.4, 0.5) is 11.4 Å². The maximum Gasteiger partial charge on any atom is 0.243 e. The first-order valence-electron chi connectivity index (χ1n) is 7.65. The number of hydrogen-bond donors (Lipinski definition) is 2. The molecule has 1 amide bonds. The van der Waals surface area contributed by atoms with Crippen LogP contribution in [0.2, 0.25) is 0 Å². The van der Waals surface area contributed by atoms with Gasteiger partial charge in [-0.3, -0.25) is 4.79 Å². The molecule has 0 saturated carbocycles. The first kappa shape index (κ1) is 17.1. The third-order valence-electron chi connectivity index (χ3n) is 3.66. The van der Waals surface area contributed by atoms with E-state index in [9.17, 15) is 4.79 Å². The van der Waals surface area contributed by atoms with E-state index in [-0.39, 0.29) is 12.5 Å². The van der Waals surface area contributed by atoms with Gasteiger partial charge in [-0.2, -0.15) is 0 Å². The number of nitrogens with zero attached hydrogens (tertiary/aromatic N) is 4. The summed E-state index contributed by atoms with van der Waals surface area (Å²) in [5.41, 5.74) is 3.50. The molecular weight excluding hydrogens is 384 g/mol. The molecule has 128 valence electrons. The molecule has 8 heteroatoms. The molecule has 0 aliphatic rings. The van der Waals surface area contributed by atoms with E-state index in [0.717, 1.165) is 27.0 Å². The number of carbonyl (C=O) groups is 1. The average Bonchev–Trinajstić information content (AvgIpc) is 3.02. The van der Waals surface area contributed by atoms with Gasteiger partial charge in [0.25, 0.3) is 0 Å². The van der Waals surface area contributed by atoms with Gasteiger partial charge in [0.1, 0.15) is 0 Å². The highest BCUT2D eigenvalue weighted by Crippen LogP contribution is 2.21. The highest BCUT2D eigenvalue weighted by molar-refractivity contribution is 9.10. The van der Waals surface area contributed by atoms with Gasteiger partial charge in [-0.25, -0.2) is 4.68 Å². The minimum absolute atomic E-state index is 0.115. The van der Waals surface area contributed by atoms with Crippen molar-refractivity contribution in [3.63, 3.8) is 0 Å². The average molecular weight is 401 g/mol. The lowest BCUT2D eigenvalue weighted by molar-refractivity contribution is -0.114. The molecule has 1 aromatic heterocycles. The molecule has 0 aliphatic carbocycles. The Morgan fingerprint density at radius 1 is 1.24 bits per heavy atom. The monoisotopic (exact) mass is 400 g/mol. The third kappa shape index (κ3) is 4.21. The number of amides is 1. The molecule has 0 saturated heterocycles. The van der Waals surface area contributed by atoms with Crippen molar-refractivity contribution in [3.8, 4) is 11.4 Å². The Labute approximate surface area is 153 Å². The van der Waals surface area contributed by atoms with Gasteiger partial charge in [-0.15, -0.1) is 5.10 Å². The highest BCUT2D eigenvalue weighted by Gasteiger charge is 2.08. The van der Waals surface area contributed by atoms with Crippen LogP contribution in [0.5, 0.6) is 0 Å². The Morgan fingerprint density at radius 3 is 2.80 bits per heavy atom. The van der Waals surface area contributed by atoms with Crippen molar-refractivity contribution in [2.24, 2.45) is 7.05 Å². The zero-order valence-electron chi connectivity index (χ0n) is 13.8. The molecule has 0 bridgehead atoms. The first-order chi connectivity index (χ1) is 12.0. The summed E-state index contributed by atoms with van der Waals surface area (Å²) in [6.45, 7) is 2.11. The van der Waals surface area contributed by atoms with E-state index in [1.54, 1.807) is 11.7 Å². The van der Waals surface area contributed by atoms with E-state index >= 15 is 0 Å². The number of benzene rings is 2. The maximum absolute atomic E-state index is 12.2. The number of anilines is 2. The number of hydrogen-bond acceptors (Lipinski definition) is 5. The Bertz CT molecular complexity index is 908. The summed E-state index contributed by atoms with van der Waals surface area (Å²) in [7, 11) is 1.78. The fourth-order valence-electron chi connectivity index (χ4n) is 2.39. The van der Waals surface area contributed by atoms with Crippen LogP contribution in [0, 0.1) is 6.92 Å². The second-order valence-corrected chi connectivity index (χ2v) is 6.48. The van der Waals surface area contributed by atoms with Gasteiger partial charge in [0, 0.05) is 28.5 Å². The van der Waals surface area contributed by atoms with Crippen molar-refractivity contribution in [3.05, 3.63) is 52.5 Å². The number of aromatic nitrogens is 4. The topological polar surface area (TPSA) is 84.7 Å². The SMILES string of the molecule is Cc1cc(Br)ccc1NC(=O)CNc1cccc(-c2nnnn2C)c1. The molecule has 3 rings (SSSR count).